The lowest BCUT2D eigenvalue weighted by Crippen LogP contribution is -2.30. The molecule has 1 atom stereocenters. The highest BCUT2D eigenvalue weighted by Gasteiger charge is 2.04. The summed E-state index contributed by atoms with van der Waals surface area (Å²) < 4.78 is 0. The molecule has 0 spiro atoms. The van der Waals surface area contributed by atoms with E-state index in [1.54, 1.807) is 0 Å². The molecule has 0 bridgehead atoms. The van der Waals surface area contributed by atoms with E-state index in [9.17, 15) is 0 Å². The Kier molecular flexibility index (Phi) is 4.93. The van der Waals surface area contributed by atoms with Gasteiger partial charge in [-0.3, -0.25) is 0 Å². The average molecular weight is 201 g/mol. The molecule has 1 heteroatoms. The molecule has 0 fully saturated rings. The van der Waals surface area contributed by atoms with Crippen LogP contribution < -0.4 is 5.32 Å². The second kappa shape index (κ2) is 6.27. The quantitative estimate of drug-likeness (QED) is 0.722. The van der Waals surface area contributed by atoms with Crippen LogP contribution in [0, 0.1) is 19.3 Å². The Bertz CT molecular complexity index is 335. The zero-order valence-corrected chi connectivity index (χ0v) is 9.59. The number of hydrogen-bond acceptors (Lipinski definition) is 1. The predicted octanol–water partition coefficient (Wildman–Crippen LogP) is 2.54. The lowest BCUT2D eigenvalue weighted by molar-refractivity contribution is 0.598. The number of hydrogen-bond donors (Lipinski definition) is 1. The minimum Gasteiger partial charge on any atom is -0.303 e. The fourth-order valence-electron chi connectivity index (χ4n) is 1.58. The van der Waals surface area contributed by atoms with Crippen molar-refractivity contribution in [2.75, 3.05) is 6.54 Å². The number of aryl methyl sites for hydroxylation is 1. The maximum atomic E-state index is 5.49. The van der Waals surface area contributed by atoms with Crippen molar-refractivity contribution >= 4 is 0 Å². The topological polar surface area (TPSA) is 12.0 Å². The van der Waals surface area contributed by atoms with Gasteiger partial charge in [-0.25, -0.2) is 0 Å². The number of terminal acetylenes is 1. The maximum Gasteiger partial charge on any atom is 0.0727 e. The first-order valence-electron chi connectivity index (χ1n) is 5.51. The Morgan fingerprint density at radius 1 is 1.47 bits per heavy atom. The van der Waals surface area contributed by atoms with Crippen molar-refractivity contribution in [3.8, 4) is 12.3 Å². The van der Waals surface area contributed by atoms with Crippen LogP contribution in [0.4, 0.5) is 0 Å². The fourth-order valence-corrected chi connectivity index (χ4v) is 1.58. The van der Waals surface area contributed by atoms with E-state index in [1.165, 1.54) is 11.1 Å². The molecule has 1 rings (SSSR count). The van der Waals surface area contributed by atoms with Gasteiger partial charge < -0.3 is 5.32 Å². The standard InChI is InChI=1S/C14H19N/c1-4-9-15-14(5-2)11-13-8-6-7-12(3)10-13/h2,6-8,10,14-15H,4,9,11H2,1,3H3. The normalized spacial score (nSPS) is 12.1. The molecule has 0 aliphatic heterocycles. The number of nitrogens with one attached hydrogen (secondary N) is 1. The molecule has 0 saturated carbocycles. The van der Waals surface area contributed by atoms with Crippen molar-refractivity contribution in [2.45, 2.75) is 32.7 Å². The molecule has 0 aromatic heterocycles. The third-order valence-electron chi connectivity index (χ3n) is 2.36. The maximum absolute atomic E-state index is 5.49. The molecule has 80 valence electrons. The third kappa shape index (κ3) is 4.18. The summed E-state index contributed by atoms with van der Waals surface area (Å²) in [6.07, 6.45) is 7.52. The molecule has 1 aromatic carbocycles. The molecular weight excluding hydrogens is 182 g/mol. The van der Waals surface area contributed by atoms with E-state index in [4.69, 9.17) is 6.42 Å². The molecule has 1 unspecified atom stereocenters. The monoisotopic (exact) mass is 201 g/mol. The summed E-state index contributed by atoms with van der Waals surface area (Å²) in [5.74, 6) is 2.79. The first kappa shape index (κ1) is 11.8. The first-order chi connectivity index (χ1) is 7.26. The highest BCUT2D eigenvalue weighted by Crippen LogP contribution is 2.06. The predicted molar refractivity (Wildman–Crippen MR) is 65.8 cm³/mol. The minimum atomic E-state index is 0.159. The molecule has 0 aliphatic rings. The van der Waals surface area contributed by atoms with Crippen LogP contribution in [-0.2, 0) is 6.42 Å². The lowest BCUT2D eigenvalue weighted by atomic mass is 10.0. The van der Waals surface area contributed by atoms with Gasteiger partial charge in [0.1, 0.15) is 0 Å². The van der Waals surface area contributed by atoms with Crippen LogP contribution in [0.2, 0.25) is 0 Å². The van der Waals surface area contributed by atoms with Crippen LogP contribution in [0.5, 0.6) is 0 Å². The van der Waals surface area contributed by atoms with Gasteiger partial charge in [-0.2, -0.15) is 0 Å². The molecule has 1 N–H and O–H groups in total. The Labute approximate surface area is 92.9 Å². The Hall–Kier alpha value is -1.26. The van der Waals surface area contributed by atoms with Crippen LogP contribution in [0.15, 0.2) is 24.3 Å². The average Bonchev–Trinajstić information content (AvgIpc) is 2.24. The third-order valence-corrected chi connectivity index (χ3v) is 2.36. The van der Waals surface area contributed by atoms with Gasteiger partial charge in [0.2, 0.25) is 0 Å². The smallest absolute Gasteiger partial charge is 0.0727 e. The highest BCUT2D eigenvalue weighted by atomic mass is 14.9. The zero-order chi connectivity index (χ0) is 11.1. The Morgan fingerprint density at radius 3 is 2.87 bits per heavy atom. The summed E-state index contributed by atoms with van der Waals surface area (Å²) in [6, 6.07) is 8.67. The van der Waals surface area contributed by atoms with E-state index in [-0.39, 0.29) is 6.04 Å². The summed E-state index contributed by atoms with van der Waals surface area (Å²) in [5.41, 5.74) is 2.60. The van der Waals surface area contributed by atoms with E-state index >= 15 is 0 Å². The van der Waals surface area contributed by atoms with Crippen molar-refractivity contribution in [1.29, 1.82) is 0 Å². The van der Waals surface area contributed by atoms with E-state index in [0.29, 0.717) is 0 Å². The minimum absolute atomic E-state index is 0.159. The van der Waals surface area contributed by atoms with E-state index in [0.717, 1.165) is 19.4 Å². The van der Waals surface area contributed by atoms with Gasteiger partial charge in [-0.05, 0) is 31.9 Å². The summed E-state index contributed by atoms with van der Waals surface area (Å²) in [4.78, 5) is 0. The summed E-state index contributed by atoms with van der Waals surface area (Å²) >= 11 is 0. The molecule has 0 amide bonds. The van der Waals surface area contributed by atoms with Crippen LogP contribution >= 0.6 is 0 Å². The Morgan fingerprint density at radius 2 is 2.27 bits per heavy atom. The first-order valence-corrected chi connectivity index (χ1v) is 5.51. The van der Waals surface area contributed by atoms with Gasteiger partial charge in [0.25, 0.3) is 0 Å². The van der Waals surface area contributed by atoms with E-state index in [1.807, 2.05) is 0 Å². The fraction of sp³-hybridized carbons (Fsp3) is 0.429. The number of rotatable bonds is 5. The van der Waals surface area contributed by atoms with E-state index < -0.39 is 0 Å². The molecule has 0 saturated heterocycles. The van der Waals surface area contributed by atoms with Crippen molar-refractivity contribution in [2.24, 2.45) is 0 Å². The van der Waals surface area contributed by atoms with Crippen LogP contribution in [0.25, 0.3) is 0 Å². The molecule has 1 aromatic rings. The zero-order valence-electron chi connectivity index (χ0n) is 9.59. The van der Waals surface area contributed by atoms with Crippen LogP contribution in [0.1, 0.15) is 24.5 Å². The van der Waals surface area contributed by atoms with Gasteiger partial charge in [0, 0.05) is 0 Å². The van der Waals surface area contributed by atoms with Crippen LogP contribution in [-0.4, -0.2) is 12.6 Å². The molecule has 1 nitrogen and oxygen atoms in total. The van der Waals surface area contributed by atoms with Gasteiger partial charge in [0.15, 0.2) is 0 Å². The van der Waals surface area contributed by atoms with Gasteiger partial charge in [-0.15, -0.1) is 6.42 Å². The summed E-state index contributed by atoms with van der Waals surface area (Å²) in [7, 11) is 0. The van der Waals surface area contributed by atoms with Crippen molar-refractivity contribution in [3.05, 3.63) is 35.4 Å². The molecule has 0 heterocycles. The van der Waals surface area contributed by atoms with Gasteiger partial charge >= 0.3 is 0 Å². The Balaban J connectivity index is 2.55. The molecule has 0 radical (unpaired) electrons. The molecule has 0 aliphatic carbocycles. The number of benzene rings is 1. The van der Waals surface area contributed by atoms with Crippen molar-refractivity contribution in [1.82, 2.24) is 5.32 Å². The van der Waals surface area contributed by atoms with Gasteiger partial charge in [0.05, 0.1) is 6.04 Å². The SMILES string of the molecule is C#CC(Cc1cccc(C)c1)NCCC. The second-order valence-electron chi connectivity index (χ2n) is 3.87. The molecular formula is C14H19N. The molecule has 15 heavy (non-hydrogen) atoms. The lowest BCUT2D eigenvalue weighted by Gasteiger charge is -2.12. The van der Waals surface area contributed by atoms with Crippen molar-refractivity contribution < 1.29 is 0 Å². The summed E-state index contributed by atoms with van der Waals surface area (Å²) in [6.45, 7) is 5.24. The largest absolute Gasteiger partial charge is 0.303 e. The highest BCUT2D eigenvalue weighted by molar-refractivity contribution is 5.24. The van der Waals surface area contributed by atoms with Gasteiger partial charge in [-0.1, -0.05) is 42.7 Å². The van der Waals surface area contributed by atoms with E-state index in [2.05, 4.69) is 49.4 Å². The second-order valence-corrected chi connectivity index (χ2v) is 3.87. The summed E-state index contributed by atoms with van der Waals surface area (Å²) in [5, 5.41) is 3.35. The van der Waals surface area contributed by atoms with Crippen molar-refractivity contribution in [3.63, 3.8) is 0 Å². The van der Waals surface area contributed by atoms with Crippen LogP contribution in [0.3, 0.4) is 0 Å².